The van der Waals surface area contributed by atoms with Gasteiger partial charge in [-0.2, -0.15) is 0 Å². The highest BCUT2D eigenvalue weighted by atomic mass is 16.1. The summed E-state index contributed by atoms with van der Waals surface area (Å²) >= 11 is 0. The minimum atomic E-state index is -0.338. The third-order valence-electron chi connectivity index (χ3n) is 1.59. The van der Waals surface area contributed by atoms with E-state index in [0.717, 1.165) is 5.82 Å². The summed E-state index contributed by atoms with van der Waals surface area (Å²) in [6.45, 7) is 4.27. The standard InChI is InChI=1S/C8H13N3O/c1-6(2)8-10-3-4-11(8)5-7(9)12/h3-4,6H,5H2,1-2H3,(H2,9,12). The topological polar surface area (TPSA) is 60.9 Å². The summed E-state index contributed by atoms with van der Waals surface area (Å²) in [7, 11) is 0. The van der Waals surface area contributed by atoms with Crippen molar-refractivity contribution in [1.82, 2.24) is 9.55 Å². The maximum Gasteiger partial charge on any atom is 0.237 e. The molecule has 0 aromatic carbocycles. The molecule has 1 rings (SSSR count). The van der Waals surface area contributed by atoms with Gasteiger partial charge in [-0.15, -0.1) is 0 Å². The Bertz CT molecular complexity index is 278. The zero-order chi connectivity index (χ0) is 9.14. The lowest BCUT2D eigenvalue weighted by Crippen LogP contribution is -2.20. The number of hydrogen-bond donors (Lipinski definition) is 1. The van der Waals surface area contributed by atoms with E-state index in [1.165, 1.54) is 0 Å². The van der Waals surface area contributed by atoms with Crippen LogP contribution in [0, 0.1) is 0 Å². The molecule has 1 aromatic heterocycles. The Labute approximate surface area is 71.4 Å². The van der Waals surface area contributed by atoms with E-state index in [9.17, 15) is 4.79 Å². The Morgan fingerprint density at radius 2 is 2.42 bits per heavy atom. The fraction of sp³-hybridized carbons (Fsp3) is 0.500. The lowest BCUT2D eigenvalue weighted by Gasteiger charge is -2.07. The van der Waals surface area contributed by atoms with Crippen molar-refractivity contribution < 1.29 is 4.79 Å². The molecule has 12 heavy (non-hydrogen) atoms. The van der Waals surface area contributed by atoms with Gasteiger partial charge in [0.2, 0.25) is 5.91 Å². The summed E-state index contributed by atoms with van der Waals surface area (Å²) in [6.07, 6.45) is 3.44. The van der Waals surface area contributed by atoms with Crippen molar-refractivity contribution in [2.24, 2.45) is 5.73 Å². The number of carbonyl (C=O) groups excluding carboxylic acids is 1. The smallest absolute Gasteiger partial charge is 0.237 e. The van der Waals surface area contributed by atoms with Gasteiger partial charge in [-0.1, -0.05) is 13.8 Å². The molecule has 0 aliphatic rings. The monoisotopic (exact) mass is 167 g/mol. The Hall–Kier alpha value is -1.32. The Morgan fingerprint density at radius 3 is 2.92 bits per heavy atom. The molecule has 0 spiro atoms. The number of primary amides is 1. The fourth-order valence-electron chi connectivity index (χ4n) is 1.12. The van der Waals surface area contributed by atoms with Gasteiger partial charge in [0.1, 0.15) is 12.4 Å². The molecule has 1 amide bonds. The Morgan fingerprint density at radius 1 is 1.75 bits per heavy atom. The molecule has 0 aliphatic carbocycles. The summed E-state index contributed by atoms with van der Waals surface area (Å²) < 4.78 is 1.77. The Kier molecular flexibility index (Phi) is 2.47. The van der Waals surface area contributed by atoms with Gasteiger partial charge in [-0.25, -0.2) is 4.98 Å². The van der Waals surface area contributed by atoms with Crippen molar-refractivity contribution >= 4 is 5.91 Å². The molecule has 2 N–H and O–H groups in total. The SMILES string of the molecule is CC(C)c1nccn1CC(N)=O. The van der Waals surface area contributed by atoms with Crippen LogP contribution in [-0.4, -0.2) is 15.5 Å². The number of nitrogens with zero attached hydrogens (tertiary/aromatic N) is 2. The highest BCUT2D eigenvalue weighted by Crippen LogP contribution is 2.10. The van der Waals surface area contributed by atoms with Crippen molar-refractivity contribution in [2.75, 3.05) is 0 Å². The number of amides is 1. The molecule has 0 unspecified atom stereocenters. The van der Waals surface area contributed by atoms with Crippen LogP contribution in [0.5, 0.6) is 0 Å². The van der Waals surface area contributed by atoms with Crippen LogP contribution in [0.25, 0.3) is 0 Å². The first-order valence-electron chi connectivity index (χ1n) is 3.90. The van der Waals surface area contributed by atoms with Crippen molar-refractivity contribution in [3.63, 3.8) is 0 Å². The molecule has 4 heteroatoms. The normalized spacial score (nSPS) is 10.6. The lowest BCUT2D eigenvalue weighted by atomic mass is 10.2. The van der Waals surface area contributed by atoms with E-state index in [4.69, 9.17) is 5.73 Å². The van der Waals surface area contributed by atoms with E-state index < -0.39 is 0 Å². The van der Waals surface area contributed by atoms with Gasteiger partial charge in [0, 0.05) is 18.3 Å². The van der Waals surface area contributed by atoms with Crippen LogP contribution in [0.4, 0.5) is 0 Å². The van der Waals surface area contributed by atoms with Gasteiger partial charge >= 0.3 is 0 Å². The summed E-state index contributed by atoms with van der Waals surface area (Å²) in [5, 5.41) is 0. The molecule has 0 atom stereocenters. The van der Waals surface area contributed by atoms with Crippen LogP contribution >= 0.6 is 0 Å². The second-order valence-corrected chi connectivity index (χ2v) is 3.03. The van der Waals surface area contributed by atoms with Gasteiger partial charge in [-0.3, -0.25) is 4.79 Å². The molecule has 0 saturated heterocycles. The average Bonchev–Trinajstić information content (AvgIpc) is 2.33. The summed E-state index contributed by atoms with van der Waals surface area (Å²) in [5.74, 6) is 0.878. The molecule has 0 saturated carbocycles. The zero-order valence-electron chi connectivity index (χ0n) is 7.32. The van der Waals surface area contributed by atoms with Gasteiger partial charge in [0.15, 0.2) is 0 Å². The molecular weight excluding hydrogens is 154 g/mol. The zero-order valence-corrected chi connectivity index (χ0v) is 7.32. The second-order valence-electron chi connectivity index (χ2n) is 3.03. The molecule has 66 valence electrons. The van der Waals surface area contributed by atoms with Crippen molar-refractivity contribution in [2.45, 2.75) is 26.3 Å². The number of imidazole rings is 1. The number of rotatable bonds is 3. The second kappa shape index (κ2) is 3.38. The highest BCUT2D eigenvalue weighted by molar-refractivity contribution is 5.73. The van der Waals surface area contributed by atoms with Gasteiger partial charge < -0.3 is 10.3 Å². The van der Waals surface area contributed by atoms with Gasteiger partial charge in [-0.05, 0) is 0 Å². The third kappa shape index (κ3) is 1.84. The van der Waals surface area contributed by atoms with E-state index in [2.05, 4.69) is 4.98 Å². The minimum absolute atomic E-state index is 0.216. The summed E-state index contributed by atoms with van der Waals surface area (Å²) in [5.41, 5.74) is 5.07. The molecule has 0 aliphatic heterocycles. The molecular formula is C8H13N3O. The molecule has 0 bridgehead atoms. The van der Waals surface area contributed by atoms with Gasteiger partial charge in [0.25, 0.3) is 0 Å². The van der Waals surface area contributed by atoms with E-state index >= 15 is 0 Å². The molecule has 0 radical (unpaired) electrons. The molecule has 1 heterocycles. The number of aromatic nitrogens is 2. The molecule has 0 fully saturated rings. The summed E-state index contributed by atoms with van der Waals surface area (Å²) in [4.78, 5) is 14.7. The van der Waals surface area contributed by atoms with Crippen LogP contribution < -0.4 is 5.73 Å². The molecule has 4 nitrogen and oxygen atoms in total. The fourth-order valence-corrected chi connectivity index (χ4v) is 1.12. The van der Waals surface area contributed by atoms with Crippen molar-refractivity contribution in [3.05, 3.63) is 18.2 Å². The van der Waals surface area contributed by atoms with E-state index in [-0.39, 0.29) is 12.5 Å². The quantitative estimate of drug-likeness (QED) is 0.712. The number of hydrogen-bond acceptors (Lipinski definition) is 2. The third-order valence-corrected chi connectivity index (χ3v) is 1.59. The molecule has 1 aromatic rings. The van der Waals surface area contributed by atoms with E-state index in [1.54, 1.807) is 17.0 Å². The Balaban J connectivity index is 2.84. The first kappa shape index (κ1) is 8.77. The average molecular weight is 167 g/mol. The van der Waals surface area contributed by atoms with Crippen LogP contribution in [-0.2, 0) is 11.3 Å². The van der Waals surface area contributed by atoms with Crippen LogP contribution in [0.2, 0.25) is 0 Å². The predicted octanol–water partition coefficient (Wildman–Crippen LogP) is 0.492. The van der Waals surface area contributed by atoms with Crippen molar-refractivity contribution in [1.29, 1.82) is 0 Å². The highest BCUT2D eigenvalue weighted by Gasteiger charge is 2.07. The predicted molar refractivity (Wildman–Crippen MR) is 45.5 cm³/mol. The van der Waals surface area contributed by atoms with Crippen LogP contribution in [0.15, 0.2) is 12.4 Å². The first-order valence-corrected chi connectivity index (χ1v) is 3.90. The van der Waals surface area contributed by atoms with Crippen LogP contribution in [0.3, 0.4) is 0 Å². The van der Waals surface area contributed by atoms with Crippen molar-refractivity contribution in [3.8, 4) is 0 Å². The van der Waals surface area contributed by atoms with E-state index in [0.29, 0.717) is 5.92 Å². The minimum Gasteiger partial charge on any atom is -0.368 e. The summed E-state index contributed by atoms with van der Waals surface area (Å²) in [6, 6.07) is 0. The number of nitrogens with two attached hydrogens (primary N) is 1. The maximum atomic E-state index is 10.6. The maximum absolute atomic E-state index is 10.6. The van der Waals surface area contributed by atoms with Gasteiger partial charge in [0.05, 0.1) is 0 Å². The lowest BCUT2D eigenvalue weighted by molar-refractivity contribution is -0.118. The van der Waals surface area contributed by atoms with Crippen LogP contribution in [0.1, 0.15) is 25.6 Å². The number of carbonyl (C=O) groups is 1. The van der Waals surface area contributed by atoms with E-state index in [1.807, 2.05) is 13.8 Å². The first-order chi connectivity index (χ1) is 5.61. The largest absolute Gasteiger partial charge is 0.368 e.